The zero-order valence-corrected chi connectivity index (χ0v) is 7.41. The van der Waals surface area contributed by atoms with Gasteiger partial charge in [0.1, 0.15) is 6.29 Å². The van der Waals surface area contributed by atoms with Crippen LogP contribution >= 0.6 is 0 Å². The Balaban J connectivity index is 2.43. The molecular weight excluding hydrogens is 188 g/mol. The fourth-order valence-electron chi connectivity index (χ4n) is 1.72. The first-order valence-electron chi connectivity index (χ1n) is 4.31. The Morgan fingerprint density at radius 2 is 2.14 bits per heavy atom. The molecule has 1 heterocycles. The molecule has 0 atom stereocenters. The fourth-order valence-corrected chi connectivity index (χ4v) is 1.72. The molecule has 0 N–H and O–H groups in total. The first kappa shape index (κ1) is 9.12. The van der Waals surface area contributed by atoms with Gasteiger partial charge in [-0.1, -0.05) is 18.2 Å². The van der Waals surface area contributed by atoms with Gasteiger partial charge in [0.05, 0.1) is 13.1 Å². The third kappa shape index (κ3) is 1.27. The summed E-state index contributed by atoms with van der Waals surface area (Å²) in [5.74, 6) is -2.83. The maximum Gasteiger partial charge on any atom is 0.292 e. The van der Waals surface area contributed by atoms with Gasteiger partial charge in [-0.15, -0.1) is 0 Å². The van der Waals surface area contributed by atoms with E-state index in [1.807, 2.05) is 0 Å². The largest absolute Gasteiger partial charge is 0.358 e. The van der Waals surface area contributed by atoms with Gasteiger partial charge in [-0.05, 0) is 6.07 Å². The molecule has 0 aliphatic carbocycles. The Kier molecular flexibility index (Phi) is 1.98. The topological polar surface area (TPSA) is 20.3 Å². The smallest absolute Gasteiger partial charge is 0.292 e. The molecule has 1 aromatic carbocycles. The van der Waals surface area contributed by atoms with E-state index in [1.165, 1.54) is 11.0 Å². The zero-order valence-electron chi connectivity index (χ0n) is 7.41. The Hall–Kier alpha value is -1.45. The van der Waals surface area contributed by atoms with E-state index in [0.717, 1.165) is 0 Å². The number of benzene rings is 1. The molecule has 1 aliphatic rings. The number of carbonyl (C=O) groups is 1. The normalized spacial score (nSPS) is 18.0. The van der Waals surface area contributed by atoms with Gasteiger partial charge >= 0.3 is 0 Å². The lowest BCUT2D eigenvalue weighted by Gasteiger charge is -2.15. The molecule has 0 bridgehead atoms. The molecule has 1 aromatic rings. The fraction of sp³-hybridized carbons (Fsp3) is 0.300. The number of halogens is 2. The Morgan fingerprint density at radius 3 is 2.86 bits per heavy atom. The monoisotopic (exact) mass is 197 g/mol. The van der Waals surface area contributed by atoms with Gasteiger partial charge in [-0.3, -0.25) is 0 Å². The molecule has 0 radical (unpaired) electrons. The molecule has 0 saturated heterocycles. The summed E-state index contributed by atoms with van der Waals surface area (Å²) < 4.78 is 26.7. The van der Waals surface area contributed by atoms with Gasteiger partial charge in [-0.25, -0.2) is 0 Å². The molecule has 0 spiro atoms. The third-order valence-electron chi connectivity index (χ3n) is 2.32. The van der Waals surface area contributed by atoms with E-state index in [9.17, 15) is 13.6 Å². The van der Waals surface area contributed by atoms with E-state index >= 15 is 0 Å². The quantitative estimate of drug-likeness (QED) is 0.674. The predicted molar refractivity (Wildman–Crippen MR) is 48.6 cm³/mol. The molecule has 0 unspecified atom stereocenters. The maximum absolute atomic E-state index is 13.4. The molecule has 74 valence electrons. The van der Waals surface area contributed by atoms with Crippen LogP contribution in [0.15, 0.2) is 24.3 Å². The number of carbonyl (C=O) groups excluding carboxylic acids is 1. The zero-order chi connectivity index (χ0) is 10.2. The molecule has 2 rings (SSSR count). The van der Waals surface area contributed by atoms with Gasteiger partial charge in [0.15, 0.2) is 0 Å². The van der Waals surface area contributed by atoms with Crippen molar-refractivity contribution in [3.05, 3.63) is 29.8 Å². The molecule has 0 saturated carbocycles. The van der Waals surface area contributed by atoms with Crippen molar-refractivity contribution in [3.63, 3.8) is 0 Å². The minimum absolute atomic E-state index is 0.0156. The second-order valence-corrected chi connectivity index (χ2v) is 3.27. The van der Waals surface area contributed by atoms with E-state index < -0.39 is 12.5 Å². The average molecular weight is 197 g/mol. The molecule has 0 amide bonds. The molecule has 1 aliphatic heterocycles. The third-order valence-corrected chi connectivity index (χ3v) is 2.32. The number of fused-ring (bicyclic) bond motifs is 1. The summed E-state index contributed by atoms with van der Waals surface area (Å²) in [5.41, 5.74) is 0.478. The lowest BCUT2D eigenvalue weighted by molar-refractivity contribution is -0.106. The van der Waals surface area contributed by atoms with Crippen LogP contribution < -0.4 is 4.90 Å². The highest BCUT2D eigenvalue weighted by Crippen LogP contribution is 2.42. The second kappa shape index (κ2) is 3.04. The number of aldehydes is 1. The Labute approximate surface area is 80.1 Å². The molecule has 0 aromatic heterocycles. The summed E-state index contributed by atoms with van der Waals surface area (Å²) in [7, 11) is 0. The number of hydrogen-bond donors (Lipinski definition) is 0. The summed E-state index contributed by atoms with van der Waals surface area (Å²) in [6, 6.07) is 6.29. The summed E-state index contributed by atoms with van der Waals surface area (Å²) >= 11 is 0. The van der Waals surface area contributed by atoms with Crippen molar-refractivity contribution in [2.75, 3.05) is 18.0 Å². The number of nitrogens with zero attached hydrogens (tertiary/aromatic N) is 1. The highest BCUT2D eigenvalue weighted by atomic mass is 19.3. The average Bonchev–Trinajstić information content (AvgIpc) is 2.41. The first-order chi connectivity index (χ1) is 6.65. The van der Waals surface area contributed by atoms with Crippen molar-refractivity contribution in [1.82, 2.24) is 0 Å². The van der Waals surface area contributed by atoms with Crippen LogP contribution in [0.4, 0.5) is 14.5 Å². The standard InChI is InChI=1S/C10H9F2NO/c11-10(12)7-13(5-6-14)9-4-2-1-3-8(9)10/h1-4,6H,5,7H2. The van der Waals surface area contributed by atoms with E-state index in [4.69, 9.17) is 0 Å². The minimum Gasteiger partial charge on any atom is -0.358 e. The van der Waals surface area contributed by atoms with Crippen LogP contribution in [0.5, 0.6) is 0 Å². The van der Waals surface area contributed by atoms with Crippen molar-refractivity contribution in [2.45, 2.75) is 5.92 Å². The van der Waals surface area contributed by atoms with Crippen LogP contribution in [0.3, 0.4) is 0 Å². The molecule has 14 heavy (non-hydrogen) atoms. The first-order valence-corrected chi connectivity index (χ1v) is 4.31. The predicted octanol–water partition coefficient (Wildman–Crippen LogP) is 1.80. The Bertz CT molecular complexity index is 365. The van der Waals surface area contributed by atoms with Crippen molar-refractivity contribution in [2.24, 2.45) is 0 Å². The number of anilines is 1. The van der Waals surface area contributed by atoms with Crippen LogP contribution in [0, 0.1) is 0 Å². The van der Waals surface area contributed by atoms with Gasteiger partial charge in [0, 0.05) is 11.3 Å². The van der Waals surface area contributed by atoms with Crippen LogP contribution in [0.2, 0.25) is 0 Å². The van der Waals surface area contributed by atoms with Crippen molar-refractivity contribution in [1.29, 1.82) is 0 Å². The molecular formula is C10H9F2NO. The lowest BCUT2D eigenvalue weighted by Crippen LogP contribution is -2.28. The van der Waals surface area contributed by atoms with Gasteiger partial charge in [0.2, 0.25) is 0 Å². The highest BCUT2D eigenvalue weighted by Gasteiger charge is 2.42. The Morgan fingerprint density at radius 1 is 1.43 bits per heavy atom. The minimum atomic E-state index is -2.83. The van der Waals surface area contributed by atoms with Crippen molar-refractivity contribution in [3.8, 4) is 0 Å². The molecule has 4 heteroatoms. The van der Waals surface area contributed by atoms with Crippen LogP contribution in [0.1, 0.15) is 5.56 Å². The summed E-state index contributed by atoms with van der Waals surface area (Å²) in [4.78, 5) is 11.7. The summed E-state index contributed by atoms with van der Waals surface area (Å²) in [5, 5.41) is 0. The molecule has 2 nitrogen and oxygen atoms in total. The van der Waals surface area contributed by atoms with E-state index in [0.29, 0.717) is 12.0 Å². The number of para-hydroxylation sites is 1. The van der Waals surface area contributed by atoms with Gasteiger partial charge in [0.25, 0.3) is 5.92 Å². The van der Waals surface area contributed by atoms with E-state index in [1.54, 1.807) is 18.2 Å². The highest BCUT2D eigenvalue weighted by molar-refractivity contribution is 5.67. The number of rotatable bonds is 2. The SMILES string of the molecule is O=CCN1CC(F)(F)c2ccccc21. The van der Waals surface area contributed by atoms with Crippen LogP contribution in [-0.4, -0.2) is 19.4 Å². The summed E-state index contributed by atoms with van der Waals surface area (Å²) in [6.07, 6.45) is 0.637. The summed E-state index contributed by atoms with van der Waals surface area (Å²) in [6.45, 7) is -0.377. The van der Waals surface area contributed by atoms with Gasteiger partial charge in [-0.2, -0.15) is 8.78 Å². The van der Waals surface area contributed by atoms with Crippen molar-refractivity contribution >= 4 is 12.0 Å². The lowest BCUT2D eigenvalue weighted by atomic mass is 10.1. The van der Waals surface area contributed by atoms with Crippen LogP contribution in [-0.2, 0) is 10.7 Å². The van der Waals surface area contributed by atoms with Crippen molar-refractivity contribution < 1.29 is 13.6 Å². The van der Waals surface area contributed by atoms with E-state index in [-0.39, 0.29) is 12.1 Å². The second-order valence-electron chi connectivity index (χ2n) is 3.27. The molecule has 0 fully saturated rings. The van der Waals surface area contributed by atoms with Gasteiger partial charge < -0.3 is 9.69 Å². The number of hydrogen-bond acceptors (Lipinski definition) is 2. The van der Waals surface area contributed by atoms with E-state index in [2.05, 4.69) is 0 Å². The van der Waals surface area contributed by atoms with Crippen LogP contribution in [0.25, 0.3) is 0 Å². The number of alkyl halides is 2. The maximum atomic E-state index is 13.4.